The Bertz CT molecular complexity index is 347. The normalized spacial score (nSPS) is 15.9. The van der Waals surface area contributed by atoms with Gasteiger partial charge in [-0.2, -0.15) is 5.26 Å². The Kier molecular flexibility index (Phi) is 8.86. The number of hydrogen-bond acceptors (Lipinski definition) is 5. The van der Waals surface area contributed by atoms with E-state index < -0.39 is 11.6 Å². The summed E-state index contributed by atoms with van der Waals surface area (Å²) < 4.78 is 10.1. The van der Waals surface area contributed by atoms with Crippen LogP contribution in [0, 0.1) is 17.2 Å². The Morgan fingerprint density at radius 1 is 1.35 bits per heavy atom. The van der Waals surface area contributed by atoms with E-state index in [0.29, 0.717) is 0 Å². The Hall–Kier alpha value is -1.38. The Morgan fingerprint density at radius 2 is 1.90 bits per heavy atom. The highest BCUT2D eigenvalue weighted by Gasteiger charge is 2.19. The summed E-state index contributed by atoms with van der Waals surface area (Å²) in [6.07, 6.45) is 1.61. The highest BCUT2D eigenvalue weighted by molar-refractivity contribution is 5.92. The molecule has 20 heavy (non-hydrogen) atoms. The van der Waals surface area contributed by atoms with E-state index in [1.54, 1.807) is 26.8 Å². The lowest BCUT2D eigenvalue weighted by Crippen LogP contribution is -2.30. The number of rotatable bonds is 2. The largest absolute Gasteiger partial charge is 0.456 e. The van der Waals surface area contributed by atoms with Crippen LogP contribution in [0.5, 0.6) is 0 Å². The molecule has 0 aromatic carbocycles. The van der Waals surface area contributed by atoms with Gasteiger partial charge in [-0.15, -0.1) is 0 Å². The van der Waals surface area contributed by atoms with Gasteiger partial charge in [0, 0.05) is 13.1 Å². The maximum atomic E-state index is 11.4. The van der Waals surface area contributed by atoms with Gasteiger partial charge in [-0.1, -0.05) is 19.9 Å². The third-order valence-corrected chi connectivity index (χ3v) is 2.09. The highest BCUT2D eigenvalue weighted by atomic mass is 16.6. The van der Waals surface area contributed by atoms with Crippen LogP contribution < -0.4 is 5.32 Å². The summed E-state index contributed by atoms with van der Waals surface area (Å²) in [5, 5.41) is 11.9. The molecule has 0 aromatic rings. The quantitative estimate of drug-likeness (QED) is 0.477. The zero-order chi connectivity index (χ0) is 15.6. The third-order valence-electron chi connectivity index (χ3n) is 2.09. The molecule has 0 atom stereocenters. The molecule has 0 radical (unpaired) electrons. The monoisotopic (exact) mass is 282 g/mol. The average Bonchev–Trinajstić information content (AvgIpc) is 2.36. The van der Waals surface area contributed by atoms with Crippen molar-refractivity contribution in [2.24, 2.45) is 5.92 Å². The van der Waals surface area contributed by atoms with Crippen LogP contribution in [0.1, 0.15) is 34.6 Å². The summed E-state index contributed by atoms with van der Waals surface area (Å²) in [4.78, 5) is 11.4. The fourth-order valence-electron chi connectivity index (χ4n) is 1.33. The van der Waals surface area contributed by atoms with E-state index >= 15 is 0 Å². The second kappa shape index (κ2) is 9.51. The van der Waals surface area contributed by atoms with Crippen LogP contribution in [-0.4, -0.2) is 37.9 Å². The molecule has 1 heterocycles. The van der Waals surface area contributed by atoms with E-state index in [1.165, 1.54) is 0 Å². The molecule has 1 aliphatic rings. The Labute approximate surface area is 121 Å². The molecule has 0 aliphatic carbocycles. The highest BCUT2D eigenvalue weighted by Crippen LogP contribution is 2.11. The van der Waals surface area contributed by atoms with Crippen LogP contribution in [0.15, 0.2) is 11.6 Å². The van der Waals surface area contributed by atoms with E-state index in [1.807, 2.05) is 19.9 Å². The van der Waals surface area contributed by atoms with Gasteiger partial charge in [0.1, 0.15) is 17.2 Å². The molecular weight excluding hydrogens is 256 g/mol. The van der Waals surface area contributed by atoms with E-state index in [9.17, 15) is 4.79 Å². The van der Waals surface area contributed by atoms with Crippen molar-refractivity contribution in [3.05, 3.63) is 11.6 Å². The molecule has 1 rings (SSSR count). The minimum Gasteiger partial charge on any atom is -0.456 e. The number of carbonyl (C=O) groups is 1. The molecule has 0 unspecified atom stereocenters. The molecule has 0 aromatic heterocycles. The van der Waals surface area contributed by atoms with Crippen molar-refractivity contribution in [3.63, 3.8) is 0 Å². The predicted octanol–water partition coefficient (Wildman–Crippen LogP) is 2.04. The zero-order valence-electron chi connectivity index (χ0n) is 13.2. The number of ether oxygens (including phenoxy) is 2. The van der Waals surface area contributed by atoms with Crippen LogP contribution in [-0.2, 0) is 14.3 Å². The van der Waals surface area contributed by atoms with Crippen LogP contribution in [0.2, 0.25) is 0 Å². The summed E-state index contributed by atoms with van der Waals surface area (Å²) in [6, 6.07) is 1.84. The molecule has 0 amide bonds. The van der Waals surface area contributed by atoms with Gasteiger partial charge in [-0.25, -0.2) is 4.79 Å². The number of nitrogens with one attached hydrogen (secondary N) is 1. The molecule has 5 heteroatoms. The van der Waals surface area contributed by atoms with Crippen molar-refractivity contribution in [2.75, 3.05) is 26.3 Å². The average molecular weight is 282 g/mol. The van der Waals surface area contributed by atoms with Crippen LogP contribution >= 0.6 is 0 Å². The van der Waals surface area contributed by atoms with Gasteiger partial charge in [-0.05, 0) is 26.7 Å². The van der Waals surface area contributed by atoms with E-state index in [-0.39, 0.29) is 11.5 Å². The standard InChI is InChI=1S/C11H17NO2.C4H9NO/c1-8(2)6-9(7-12)10(13)14-11(3,4)5;1-3-6-4-2-5-1/h6,8H,1-5H3;5H,1-4H2. The van der Waals surface area contributed by atoms with Crippen molar-refractivity contribution >= 4 is 5.97 Å². The lowest BCUT2D eigenvalue weighted by atomic mass is 10.1. The van der Waals surface area contributed by atoms with E-state index in [0.717, 1.165) is 26.3 Å². The van der Waals surface area contributed by atoms with Crippen molar-refractivity contribution in [1.29, 1.82) is 5.26 Å². The molecule has 114 valence electrons. The molecule has 1 saturated heterocycles. The first-order valence-corrected chi connectivity index (χ1v) is 6.90. The minimum absolute atomic E-state index is 0.0786. The summed E-state index contributed by atoms with van der Waals surface area (Å²) in [7, 11) is 0. The topological polar surface area (TPSA) is 71.3 Å². The maximum absolute atomic E-state index is 11.4. The number of morpholine rings is 1. The van der Waals surface area contributed by atoms with E-state index in [2.05, 4.69) is 5.32 Å². The van der Waals surface area contributed by atoms with Gasteiger partial charge in [0.15, 0.2) is 0 Å². The van der Waals surface area contributed by atoms with Gasteiger partial charge in [0.2, 0.25) is 0 Å². The molecule has 0 saturated carbocycles. The number of hydrogen-bond donors (Lipinski definition) is 1. The fraction of sp³-hybridized carbons (Fsp3) is 0.733. The number of carbonyl (C=O) groups excluding carboxylic acids is 1. The molecular formula is C15H26N2O3. The van der Waals surface area contributed by atoms with Crippen LogP contribution in [0.3, 0.4) is 0 Å². The predicted molar refractivity (Wildman–Crippen MR) is 78.1 cm³/mol. The molecule has 1 N–H and O–H groups in total. The number of esters is 1. The molecule has 0 spiro atoms. The summed E-state index contributed by atoms with van der Waals surface area (Å²) in [5.41, 5.74) is -0.473. The molecule has 1 aliphatic heterocycles. The summed E-state index contributed by atoms with van der Waals surface area (Å²) >= 11 is 0. The summed E-state index contributed by atoms with van der Waals surface area (Å²) in [5.74, 6) is -0.383. The SMILES string of the molecule is C1COCCN1.CC(C)C=C(C#N)C(=O)OC(C)(C)C. The van der Waals surface area contributed by atoms with Crippen molar-refractivity contribution in [3.8, 4) is 6.07 Å². The van der Waals surface area contributed by atoms with Crippen LogP contribution in [0.4, 0.5) is 0 Å². The molecule has 5 nitrogen and oxygen atoms in total. The maximum Gasteiger partial charge on any atom is 0.349 e. The van der Waals surface area contributed by atoms with Crippen LogP contribution in [0.25, 0.3) is 0 Å². The van der Waals surface area contributed by atoms with Gasteiger partial charge < -0.3 is 14.8 Å². The lowest BCUT2D eigenvalue weighted by molar-refractivity contribution is -0.149. The van der Waals surface area contributed by atoms with Gasteiger partial charge in [-0.3, -0.25) is 0 Å². The minimum atomic E-state index is -0.552. The Morgan fingerprint density at radius 3 is 2.15 bits per heavy atom. The zero-order valence-corrected chi connectivity index (χ0v) is 13.2. The second-order valence-electron chi connectivity index (χ2n) is 5.80. The first-order valence-electron chi connectivity index (χ1n) is 6.90. The van der Waals surface area contributed by atoms with Crippen molar-refractivity contribution in [1.82, 2.24) is 5.32 Å². The number of allylic oxidation sites excluding steroid dienone is 1. The van der Waals surface area contributed by atoms with Crippen molar-refractivity contribution < 1.29 is 14.3 Å². The lowest BCUT2D eigenvalue weighted by Gasteiger charge is -2.19. The van der Waals surface area contributed by atoms with Gasteiger partial charge in [0.05, 0.1) is 13.2 Å². The third kappa shape index (κ3) is 10.5. The molecule has 0 bridgehead atoms. The van der Waals surface area contributed by atoms with Crippen molar-refractivity contribution in [2.45, 2.75) is 40.2 Å². The first-order chi connectivity index (χ1) is 9.26. The van der Waals surface area contributed by atoms with Gasteiger partial charge >= 0.3 is 5.97 Å². The first kappa shape index (κ1) is 18.6. The van der Waals surface area contributed by atoms with E-state index in [4.69, 9.17) is 14.7 Å². The number of nitrogens with zero attached hydrogens (tertiary/aromatic N) is 1. The number of nitriles is 1. The van der Waals surface area contributed by atoms with Gasteiger partial charge in [0.25, 0.3) is 0 Å². The Balaban J connectivity index is 0.000000493. The fourth-order valence-corrected chi connectivity index (χ4v) is 1.33. The second-order valence-corrected chi connectivity index (χ2v) is 5.80. The summed E-state index contributed by atoms with van der Waals surface area (Å²) in [6.45, 7) is 13.0. The smallest absolute Gasteiger partial charge is 0.349 e. The molecule has 1 fully saturated rings.